The molecule has 0 amide bonds. The Balaban J connectivity index is 0.000001000. The molecule has 2 nitrogen and oxygen atoms in total. The highest BCUT2D eigenvalue weighted by molar-refractivity contribution is 5.85. The standard InChI is InChI=1S/C8H18N2.ClH/c1-9-7-5-3-4-6-8(7)10-2;/h7-10H,3-6H2,1-2H3;1H/t7-,8+;. The third-order valence-corrected chi connectivity index (χ3v) is 2.51. The van der Waals surface area contributed by atoms with Gasteiger partial charge in [-0.15, -0.1) is 12.4 Å². The van der Waals surface area contributed by atoms with Crippen LogP contribution in [-0.2, 0) is 0 Å². The Morgan fingerprint density at radius 3 is 1.55 bits per heavy atom. The van der Waals surface area contributed by atoms with Gasteiger partial charge in [-0.2, -0.15) is 0 Å². The monoisotopic (exact) mass is 178 g/mol. The Labute approximate surface area is 75.5 Å². The van der Waals surface area contributed by atoms with Gasteiger partial charge in [0.05, 0.1) is 0 Å². The summed E-state index contributed by atoms with van der Waals surface area (Å²) in [6, 6.07) is 1.41. The summed E-state index contributed by atoms with van der Waals surface area (Å²) in [5.74, 6) is 0. The van der Waals surface area contributed by atoms with Crippen molar-refractivity contribution in [2.45, 2.75) is 37.8 Å². The largest absolute Gasteiger partial charge is 0.315 e. The van der Waals surface area contributed by atoms with Crippen LogP contribution in [0.4, 0.5) is 0 Å². The van der Waals surface area contributed by atoms with Crippen molar-refractivity contribution in [2.75, 3.05) is 14.1 Å². The highest BCUT2D eigenvalue weighted by Crippen LogP contribution is 2.17. The van der Waals surface area contributed by atoms with Crippen LogP contribution >= 0.6 is 12.4 Å². The van der Waals surface area contributed by atoms with E-state index in [1.165, 1.54) is 25.7 Å². The number of rotatable bonds is 2. The summed E-state index contributed by atoms with van der Waals surface area (Å²) in [7, 11) is 4.11. The van der Waals surface area contributed by atoms with Gasteiger partial charge in [-0.1, -0.05) is 12.8 Å². The van der Waals surface area contributed by atoms with Gasteiger partial charge < -0.3 is 10.6 Å². The molecule has 1 saturated carbocycles. The summed E-state index contributed by atoms with van der Waals surface area (Å²) in [6.07, 6.45) is 5.46. The highest BCUT2D eigenvalue weighted by Gasteiger charge is 2.21. The fourth-order valence-corrected chi connectivity index (χ4v) is 1.82. The molecular formula is C8H19ClN2. The van der Waals surface area contributed by atoms with E-state index < -0.39 is 0 Å². The smallest absolute Gasteiger partial charge is 0.0218 e. The van der Waals surface area contributed by atoms with Crippen LogP contribution < -0.4 is 10.6 Å². The van der Waals surface area contributed by atoms with Crippen molar-refractivity contribution in [1.82, 2.24) is 10.6 Å². The van der Waals surface area contributed by atoms with Gasteiger partial charge >= 0.3 is 0 Å². The predicted molar refractivity (Wildman–Crippen MR) is 51.4 cm³/mol. The summed E-state index contributed by atoms with van der Waals surface area (Å²) in [5, 5.41) is 6.68. The van der Waals surface area contributed by atoms with Crippen molar-refractivity contribution < 1.29 is 0 Å². The minimum Gasteiger partial charge on any atom is -0.315 e. The van der Waals surface area contributed by atoms with Gasteiger partial charge in [0.25, 0.3) is 0 Å². The number of likely N-dealkylation sites (N-methyl/N-ethyl adjacent to an activating group) is 2. The van der Waals surface area contributed by atoms with E-state index in [-0.39, 0.29) is 12.4 Å². The SMILES string of the molecule is CN[C@H]1CCCC[C@H]1NC.Cl. The Bertz CT molecular complexity index is 86.1. The number of hydrogen-bond acceptors (Lipinski definition) is 2. The molecule has 68 valence electrons. The molecule has 1 aliphatic carbocycles. The lowest BCUT2D eigenvalue weighted by molar-refractivity contribution is 0.309. The normalized spacial score (nSPS) is 31.1. The molecule has 1 fully saturated rings. The van der Waals surface area contributed by atoms with Crippen molar-refractivity contribution in [2.24, 2.45) is 0 Å². The van der Waals surface area contributed by atoms with E-state index in [1.807, 2.05) is 0 Å². The van der Waals surface area contributed by atoms with Crippen LogP contribution in [0, 0.1) is 0 Å². The zero-order valence-corrected chi connectivity index (χ0v) is 8.21. The minimum absolute atomic E-state index is 0. The average molecular weight is 179 g/mol. The van der Waals surface area contributed by atoms with E-state index in [9.17, 15) is 0 Å². The van der Waals surface area contributed by atoms with Gasteiger partial charge in [-0.3, -0.25) is 0 Å². The maximum absolute atomic E-state index is 3.34. The second-order valence-corrected chi connectivity index (χ2v) is 3.07. The number of nitrogens with one attached hydrogen (secondary N) is 2. The first kappa shape index (κ1) is 11.2. The second-order valence-electron chi connectivity index (χ2n) is 3.07. The quantitative estimate of drug-likeness (QED) is 0.663. The van der Waals surface area contributed by atoms with Crippen molar-refractivity contribution in [3.63, 3.8) is 0 Å². The van der Waals surface area contributed by atoms with Gasteiger partial charge in [0.2, 0.25) is 0 Å². The summed E-state index contributed by atoms with van der Waals surface area (Å²) in [4.78, 5) is 0. The first-order valence-corrected chi connectivity index (χ1v) is 4.23. The van der Waals surface area contributed by atoms with Crippen LogP contribution in [0.5, 0.6) is 0 Å². The third-order valence-electron chi connectivity index (χ3n) is 2.51. The average Bonchev–Trinajstić information content (AvgIpc) is 2.04. The van der Waals surface area contributed by atoms with Crippen molar-refractivity contribution in [3.05, 3.63) is 0 Å². The van der Waals surface area contributed by atoms with Crippen LogP contribution in [0.3, 0.4) is 0 Å². The Morgan fingerprint density at radius 2 is 1.27 bits per heavy atom. The van der Waals surface area contributed by atoms with Gasteiger partial charge in [-0.25, -0.2) is 0 Å². The first-order chi connectivity index (χ1) is 4.88. The summed E-state index contributed by atoms with van der Waals surface area (Å²) < 4.78 is 0. The molecule has 0 aromatic heterocycles. The molecule has 0 bridgehead atoms. The maximum Gasteiger partial charge on any atom is 0.0218 e. The fraction of sp³-hybridized carbons (Fsp3) is 1.00. The van der Waals surface area contributed by atoms with Crippen LogP contribution in [0.1, 0.15) is 25.7 Å². The zero-order valence-electron chi connectivity index (χ0n) is 7.39. The summed E-state index contributed by atoms with van der Waals surface area (Å²) in [6.45, 7) is 0. The van der Waals surface area contributed by atoms with E-state index in [0.717, 1.165) is 0 Å². The van der Waals surface area contributed by atoms with Crippen LogP contribution in [0.25, 0.3) is 0 Å². The molecule has 2 N–H and O–H groups in total. The molecule has 2 atom stereocenters. The predicted octanol–water partition coefficient (Wildman–Crippen LogP) is 1.16. The molecular weight excluding hydrogens is 160 g/mol. The molecule has 11 heavy (non-hydrogen) atoms. The van der Waals surface area contributed by atoms with Crippen molar-refractivity contribution in [1.29, 1.82) is 0 Å². The molecule has 0 spiro atoms. The van der Waals surface area contributed by atoms with E-state index in [0.29, 0.717) is 12.1 Å². The van der Waals surface area contributed by atoms with E-state index >= 15 is 0 Å². The van der Waals surface area contributed by atoms with Crippen molar-refractivity contribution in [3.8, 4) is 0 Å². The van der Waals surface area contributed by atoms with Crippen LogP contribution in [-0.4, -0.2) is 26.2 Å². The molecule has 1 aliphatic rings. The summed E-state index contributed by atoms with van der Waals surface area (Å²) in [5.41, 5.74) is 0. The van der Waals surface area contributed by atoms with Crippen molar-refractivity contribution >= 4 is 12.4 Å². The molecule has 0 unspecified atom stereocenters. The van der Waals surface area contributed by atoms with Gasteiger partial charge in [-0.05, 0) is 26.9 Å². The second kappa shape index (κ2) is 5.81. The maximum atomic E-state index is 3.34. The lowest BCUT2D eigenvalue weighted by Gasteiger charge is -2.30. The van der Waals surface area contributed by atoms with Gasteiger partial charge in [0, 0.05) is 12.1 Å². The van der Waals surface area contributed by atoms with Crippen LogP contribution in [0.15, 0.2) is 0 Å². The minimum atomic E-state index is 0. The van der Waals surface area contributed by atoms with Crippen LogP contribution in [0.2, 0.25) is 0 Å². The fourth-order valence-electron chi connectivity index (χ4n) is 1.82. The first-order valence-electron chi connectivity index (χ1n) is 4.23. The number of halogens is 1. The molecule has 0 radical (unpaired) electrons. The Hall–Kier alpha value is 0.210. The molecule has 0 saturated heterocycles. The van der Waals surface area contributed by atoms with Gasteiger partial charge in [0.1, 0.15) is 0 Å². The molecule has 0 aromatic rings. The molecule has 0 aliphatic heterocycles. The Kier molecular flexibility index (Phi) is 5.92. The number of hydrogen-bond donors (Lipinski definition) is 2. The molecule has 3 heteroatoms. The van der Waals surface area contributed by atoms with E-state index in [2.05, 4.69) is 24.7 Å². The summed E-state index contributed by atoms with van der Waals surface area (Å²) >= 11 is 0. The Morgan fingerprint density at radius 1 is 0.909 bits per heavy atom. The lowest BCUT2D eigenvalue weighted by Crippen LogP contribution is -2.47. The van der Waals surface area contributed by atoms with E-state index in [4.69, 9.17) is 0 Å². The highest BCUT2D eigenvalue weighted by atomic mass is 35.5. The topological polar surface area (TPSA) is 24.1 Å². The molecule has 0 aromatic carbocycles. The van der Waals surface area contributed by atoms with E-state index in [1.54, 1.807) is 0 Å². The lowest BCUT2D eigenvalue weighted by atomic mass is 9.91. The molecule has 1 rings (SSSR count). The zero-order chi connectivity index (χ0) is 7.40. The van der Waals surface area contributed by atoms with Gasteiger partial charge in [0.15, 0.2) is 0 Å². The third kappa shape index (κ3) is 2.97. The molecule has 0 heterocycles.